The third-order valence-corrected chi connectivity index (χ3v) is 4.39. The molecule has 0 saturated carbocycles. The van der Waals surface area contributed by atoms with E-state index in [4.69, 9.17) is 9.47 Å². The molecule has 0 atom stereocenters. The molecule has 0 unspecified atom stereocenters. The smallest absolute Gasteiger partial charge is 0.416 e. The Hall–Kier alpha value is -2.57. The van der Waals surface area contributed by atoms with Crippen molar-refractivity contribution in [2.24, 2.45) is 4.99 Å². The molecular weight excluding hydrogens is 362 g/mol. The molecule has 27 heavy (non-hydrogen) atoms. The molecule has 1 aliphatic rings. The first-order chi connectivity index (χ1) is 12.7. The van der Waals surface area contributed by atoms with Gasteiger partial charge in [-0.3, -0.25) is 0 Å². The average Bonchev–Trinajstić information content (AvgIpc) is 3.14. The van der Waals surface area contributed by atoms with Gasteiger partial charge in [0.05, 0.1) is 19.2 Å². The largest absolute Gasteiger partial charge is 0.496 e. The van der Waals surface area contributed by atoms with Crippen LogP contribution in [0.1, 0.15) is 36.5 Å². The number of ether oxygens (including phenoxy) is 2. The van der Waals surface area contributed by atoms with E-state index in [1.807, 2.05) is 13.8 Å². The Labute approximate surface area is 154 Å². The quantitative estimate of drug-likeness (QED) is 0.662. The van der Waals surface area contributed by atoms with Gasteiger partial charge < -0.3 is 9.47 Å². The third-order valence-electron chi connectivity index (χ3n) is 4.39. The molecule has 0 bridgehead atoms. The van der Waals surface area contributed by atoms with Crippen molar-refractivity contribution in [2.45, 2.75) is 25.9 Å². The highest BCUT2D eigenvalue weighted by atomic mass is 19.4. The molecule has 1 heterocycles. The van der Waals surface area contributed by atoms with Crippen molar-refractivity contribution in [3.05, 3.63) is 52.8 Å². The summed E-state index contributed by atoms with van der Waals surface area (Å²) in [6, 6.07) is 6.22. The predicted molar refractivity (Wildman–Crippen MR) is 94.8 cm³/mol. The van der Waals surface area contributed by atoms with E-state index in [1.54, 1.807) is 6.07 Å². The van der Waals surface area contributed by atoms with Crippen molar-refractivity contribution in [2.75, 3.05) is 20.3 Å². The Morgan fingerprint density at radius 3 is 2.37 bits per heavy atom. The SMILES string of the molecule is COc1cc(F)c(C(C)C)cc1-c1ccc(C(F)(F)F)cc1C1=NCCO1. The minimum Gasteiger partial charge on any atom is -0.496 e. The van der Waals surface area contributed by atoms with Gasteiger partial charge >= 0.3 is 6.18 Å². The maximum atomic E-state index is 14.3. The molecule has 1 aliphatic heterocycles. The molecule has 0 fully saturated rings. The molecule has 2 aromatic carbocycles. The van der Waals surface area contributed by atoms with Crippen LogP contribution in [0.3, 0.4) is 0 Å². The molecule has 0 radical (unpaired) electrons. The number of aliphatic imine (C=N–C) groups is 1. The van der Waals surface area contributed by atoms with Crippen molar-refractivity contribution < 1.29 is 27.0 Å². The van der Waals surface area contributed by atoms with Crippen molar-refractivity contribution in [3.8, 4) is 16.9 Å². The summed E-state index contributed by atoms with van der Waals surface area (Å²) in [6.45, 7) is 4.37. The van der Waals surface area contributed by atoms with Crippen molar-refractivity contribution in [1.82, 2.24) is 0 Å². The van der Waals surface area contributed by atoms with E-state index in [0.717, 1.165) is 12.1 Å². The molecule has 0 aliphatic carbocycles. The standard InChI is InChI=1S/C20H19F4NO2/c1-11(2)14-9-15(18(26-3)10-17(14)21)13-5-4-12(20(22,23)24)8-16(13)19-25-6-7-27-19/h4-5,8-11H,6-7H2,1-3H3. The fraction of sp³-hybridized carbons (Fsp3) is 0.350. The van der Waals surface area contributed by atoms with Crippen LogP contribution >= 0.6 is 0 Å². The number of rotatable bonds is 4. The predicted octanol–water partition coefficient (Wildman–Crippen LogP) is 5.42. The van der Waals surface area contributed by atoms with Crippen LogP contribution in [-0.2, 0) is 10.9 Å². The van der Waals surface area contributed by atoms with Crippen LogP contribution in [0.4, 0.5) is 17.6 Å². The Morgan fingerprint density at radius 2 is 1.81 bits per heavy atom. The average molecular weight is 381 g/mol. The van der Waals surface area contributed by atoms with Crippen LogP contribution in [0.25, 0.3) is 11.1 Å². The zero-order valence-electron chi connectivity index (χ0n) is 15.2. The van der Waals surface area contributed by atoms with Gasteiger partial charge in [0.2, 0.25) is 5.90 Å². The molecule has 2 aromatic rings. The number of hydrogen-bond acceptors (Lipinski definition) is 3. The highest BCUT2D eigenvalue weighted by molar-refractivity contribution is 6.02. The second kappa shape index (κ2) is 7.21. The summed E-state index contributed by atoms with van der Waals surface area (Å²) in [6.07, 6.45) is -4.50. The zero-order valence-corrected chi connectivity index (χ0v) is 15.2. The van der Waals surface area contributed by atoms with Gasteiger partial charge in [0.25, 0.3) is 0 Å². The number of hydrogen-bond donors (Lipinski definition) is 0. The molecule has 0 spiro atoms. The van der Waals surface area contributed by atoms with Gasteiger partial charge in [0, 0.05) is 17.2 Å². The lowest BCUT2D eigenvalue weighted by Gasteiger charge is -2.18. The van der Waals surface area contributed by atoms with Crippen LogP contribution < -0.4 is 4.74 Å². The number of methoxy groups -OCH3 is 1. The highest BCUT2D eigenvalue weighted by Crippen LogP contribution is 2.39. The first-order valence-corrected chi connectivity index (χ1v) is 8.49. The summed E-state index contributed by atoms with van der Waals surface area (Å²) in [5, 5.41) is 0. The first kappa shape index (κ1) is 19.2. The van der Waals surface area contributed by atoms with Crippen molar-refractivity contribution >= 4 is 5.90 Å². The molecule has 3 nitrogen and oxygen atoms in total. The molecule has 0 N–H and O–H groups in total. The van der Waals surface area contributed by atoms with Crippen LogP contribution in [0.15, 0.2) is 35.3 Å². The maximum Gasteiger partial charge on any atom is 0.416 e. The number of nitrogens with zero attached hydrogens (tertiary/aromatic N) is 1. The van der Waals surface area contributed by atoms with Crippen LogP contribution in [0.2, 0.25) is 0 Å². The van der Waals surface area contributed by atoms with E-state index in [1.165, 1.54) is 19.2 Å². The van der Waals surface area contributed by atoms with Crippen molar-refractivity contribution in [3.63, 3.8) is 0 Å². The van der Waals surface area contributed by atoms with Gasteiger partial charge in [0.1, 0.15) is 18.2 Å². The lowest BCUT2D eigenvalue weighted by atomic mass is 9.92. The maximum absolute atomic E-state index is 14.3. The monoisotopic (exact) mass is 381 g/mol. The van der Waals surface area contributed by atoms with E-state index in [-0.39, 0.29) is 23.1 Å². The van der Waals surface area contributed by atoms with Gasteiger partial charge in [-0.25, -0.2) is 9.38 Å². The molecule has 7 heteroatoms. The summed E-state index contributed by atoms with van der Waals surface area (Å²) < 4.78 is 64.6. The zero-order chi connectivity index (χ0) is 19.8. The van der Waals surface area contributed by atoms with E-state index >= 15 is 0 Å². The number of alkyl halides is 3. The normalized spacial score (nSPS) is 14.3. The highest BCUT2D eigenvalue weighted by Gasteiger charge is 2.32. The van der Waals surface area contributed by atoms with Crippen molar-refractivity contribution in [1.29, 1.82) is 0 Å². The summed E-state index contributed by atoms with van der Waals surface area (Å²) in [4.78, 5) is 4.16. The molecule has 144 valence electrons. The van der Waals surface area contributed by atoms with Crippen LogP contribution in [-0.4, -0.2) is 26.2 Å². The van der Waals surface area contributed by atoms with Gasteiger partial charge in [-0.15, -0.1) is 0 Å². The fourth-order valence-corrected chi connectivity index (χ4v) is 3.02. The summed E-state index contributed by atoms with van der Waals surface area (Å²) >= 11 is 0. The minimum atomic E-state index is -4.50. The Balaban J connectivity index is 2.26. The minimum absolute atomic E-state index is 0.104. The first-order valence-electron chi connectivity index (χ1n) is 8.49. The molecular formula is C20H19F4NO2. The Morgan fingerprint density at radius 1 is 1.07 bits per heavy atom. The molecule has 0 aromatic heterocycles. The van der Waals surface area contributed by atoms with Gasteiger partial charge in [-0.05, 0) is 35.2 Å². The fourth-order valence-electron chi connectivity index (χ4n) is 3.02. The second-order valence-corrected chi connectivity index (χ2v) is 6.52. The van der Waals surface area contributed by atoms with Crippen LogP contribution in [0, 0.1) is 5.82 Å². The van der Waals surface area contributed by atoms with Gasteiger partial charge in [-0.2, -0.15) is 13.2 Å². The Kier molecular flexibility index (Phi) is 5.13. The third kappa shape index (κ3) is 3.77. The topological polar surface area (TPSA) is 30.8 Å². The van der Waals surface area contributed by atoms with Gasteiger partial charge in [0.15, 0.2) is 0 Å². The molecule has 0 amide bonds. The molecule has 3 rings (SSSR count). The second-order valence-electron chi connectivity index (χ2n) is 6.52. The van der Waals surface area contributed by atoms with E-state index in [2.05, 4.69) is 4.99 Å². The van der Waals surface area contributed by atoms with E-state index in [9.17, 15) is 17.6 Å². The number of benzene rings is 2. The summed E-state index contributed by atoms with van der Waals surface area (Å²) in [7, 11) is 1.39. The van der Waals surface area contributed by atoms with E-state index in [0.29, 0.717) is 29.8 Å². The number of halogens is 4. The van der Waals surface area contributed by atoms with E-state index < -0.39 is 17.6 Å². The lowest BCUT2D eigenvalue weighted by molar-refractivity contribution is -0.137. The lowest BCUT2D eigenvalue weighted by Crippen LogP contribution is -2.10. The summed E-state index contributed by atoms with van der Waals surface area (Å²) in [5.41, 5.74) is 0.796. The summed E-state index contributed by atoms with van der Waals surface area (Å²) in [5.74, 6) is -0.147. The molecule has 0 saturated heterocycles. The van der Waals surface area contributed by atoms with Gasteiger partial charge in [-0.1, -0.05) is 19.9 Å². The Bertz CT molecular complexity index is 888. The van der Waals surface area contributed by atoms with Crippen LogP contribution in [0.5, 0.6) is 5.75 Å².